The average Bonchev–Trinajstić information content (AvgIpc) is 2.74. The minimum absolute atomic E-state index is 0.229. The third kappa shape index (κ3) is 7.01. The molecule has 3 aromatic rings. The Morgan fingerprint density at radius 1 is 0.839 bits per heavy atom. The van der Waals surface area contributed by atoms with Gasteiger partial charge in [-0.2, -0.15) is 0 Å². The second-order valence-electron chi connectivity index (χ2n) is 6.90. The van der Waals surface area contributed by atoms with Crippen molar-refractivity contribution in [1.29, 1.82) is 0 Å². The van der Waals surface area contributed by atoms with Crippen LogP contribution in [0.2, 0.25) is 15.1 Å². The van der Waals surface area contributed by atoms with Crippen LogP contribution < -0.4 is 14.8 Å². The fourth-order valence-electron chi connectivity index (χ4n) is 2.99. The van der Waals surface area contributed by atoms with E-state index < -0.39 is 0 Å². The van der Waals surface area contributed by atoms with E-state index in [9.17, 15) is 4.39 Å². The summed E-state index contributed by atoms with van der Waals surface area (Å²) in [7, 11) is 0. The van der Waals surface area contributed by atoms with Crippen molar-refractivity contribution in [2.24, 2.45) is 0 Å². The highest BCUT2D eigenvalue weighted by atomic mass is 35.5. The lowest BCUT2D eigenvalue weighted by atomic mass is 10.1. The fourth-order valence-corrected chi connectivity index (χ4v) is 3.68. The van der Waals surface area contributed by atoms with Crippen molar-refractivity contribution < 1.29 is 13.9 Å². The summed E-state index contributed by atoms with van der Waals surface area (Å²) in [5, 5.41) is 5.05. The fraction of sp³-hybridized carbons (Fsp3) is 0.250. The van der Waals surface area contributed by atoms with Crippen LogP contribution in [0.5, 0.6) is 11.5 Å². The minimum Gasteiger partial charge on any atom is -0.490 e. The van der Waals surface area contributed by atoms with Crippen molar-refractivity contribution >= 4 is 34.8 Å². The predicted octanol–water partition coefficient (Wildman–Crippen LogP) is 7.10. The molecule has 3 aromatic carbocycles. The van der Waals surface area contributed by atoms with E-state index in [1.807, 2.05) is 19.1 Å². The molecule has 7 heteroatoms. The Morgan fingerprint density at radius 2 is 1.55 bits per heavy atom. The highest BCUT2D eigenvalue weighted by Crippen LogP contribution is 2.35. The molecule has 0 aliphatic heterocycles. The first-order chi connectivity index (χ1) is 15.0. The van der Waals surface area contributed by atoms with E-state index in [0.717, 1.165) is 29.7 Å². The third-order valence-corrected chi connectivity index (χ3v) is 5.57. The van der Waals surface area contributed by atoms with Crippen LogP contribution in [0.25, 0.3) is 0 Å². The van der Waals surface area contributed by atoms with Crippen LogP contribution >= 0.6 is 34.8 Å². The molecule has 0 fully saturated rings. The van der Waals surface area contributed by atoms with E-state index in [4.69, 9.17) is 44.3 Å². The molecule has 0 unspecified atom stereocenters. The summed E-state index contributed by atoms with van der Waals surface area (Å²) in [5.41, 5.74) is 2.79. The number of ether oxygens (including phenoxy) is 2. The van der Waals surface area contributed by atoms with Gasteiger partial charge in [0.05, 0.1) is 6.61 Å². The second-order valence-corrected chi connectivity index (χ2v) is 8.15. The Hall–Kier alpha value is -1.98. The van der Waals surface area contributed by atoms with Crippen molar-refractivity contribution in [3.8, 4) is 11.5 Å². The first-order valence-electron chi connectivity index (χ1n) is 9.93. The molecule has 0 aromatic heterocycles. The highest BCUT2D eigenvalue weighted by Gasteiger charge is 2.12. The van der Waals surface area contributed by atoms with Crippen molar-refractivity contribution in [3.05, 3.63) is 92.2 Å². The van der Waals surface area contributed by atoms with E-state index >= 15 is 0 Å². The number of halogens is 4. The van der Waals surface area contributed by atoms with Gasteiger partial charge < -0.3 is 14.8 Å². The van der Waals surface area contributed by atoms with Crippen LogP contribution in [0, 0.1) is 5.82 Å². The molecule has 0 heterocycles. The molecule has 0 bridgehead atoms. The zero-order valence-electron chi connectivity index (χ0n) is 17.1. The summed E-state index contributed by atoms with van der Waals surface area (Å²) in [4.78, 5) is 0. The van der Waals surface area contributed by atoms with Gasteiger partial charge in [0.25, 0.3) is 0 Å². The largest absolute Gasteiger partial charge is 0.490 e. The lowest BCUT2D eigenvalue weighted by Crippen LogP contribution is -2.17. The van der Waals surface area contributed by atoms with Gasteiger partial charge in [-0.25, -0.2) is 4.39 Å². The van der Waals surface area contributed by atoms with Crippen molar-refractivity contribution in [1.82, 2.24) is 5.32 Å². The van der Waals surface area contributed by atoms with Crippen molar-refractivity contribution in [2.75, 3.05) is 13.2 Å². The van der Waals surface area contributed by atoms with Crippen molar-refractivity contribution in [2.45, 2.75) is 26.5 Å². The molecule has 0 saturated heterocycles. The zero-order chi connectivity index (χ0) is 22.2. The van der Waals surface area contributed by atoms with Crippen LogP contribution in [-0.2, 0) is 19.6 Å². The number of hydrogen-bond donors (Lipinski definition) is 1. The summed E-state index contributed by atoms with van der Waals surface area (Å²) in [6.07, 6.45) is 0.791. The Labute approximate surface area is 197 Å². The third-order valence-electron chi connectivity index (χ3n) is 4.63. The molecule has 0 spiro atoms. The van der Waals surface area contributed by atoms with Gasteiger partial charge in [-0.05, 0) is 61.3 Å². The Balaban J connectivity index is 1.62. The van der Waals surface area contributed by atoms with Gasteiger partial charge in [0, 0.05) is 33.2 Å². The van der Waals surface area contributed by atoms with E-state index in [1.54, 1.807) is 30.3 Å². The molecule has 3 rings (SSSR count). The van der Waals surface area contributed by atoms with Crippen LogP contribution in [0.4, 0.5) is 4.39 Å². The van der Waals surface area contributed by atoms with Gasteiger partial charge in [0.1, 0.15) is 12.4 Å². The molecule has 0 atom stereocenters. The van der Waals surface area contributed by atoms with Crippen LogP contribution in [0.3, 0.4) is 0 Å². The van der Waals surface area contributed by atoms with Gasteiger partial charge in [-0.15, -0.1) is 0 Å². The summed E-state index contributed by atoms with van der Waals surface area (Å²) in [6.45, 7) is 3.98. The molecule has 0 aliphatic rings. The van der Waals surface area contributed by atoms with Gasteiger partial charge in [0.2, 0.25) is 0 Å². The summed E-state index contributed by atoms with van der Waals surface area (Å²) >= 11 is 18.7. The molecule has 3 nitrogen and oxygen atoms in total. The summed E-state index contributed by atoms with van der Waals surface area (Å²) in [6, 6.07) is 15.4. The molecule has 0 radical (unpaired) electrons. The van der Waals surface area contributed by atoms with Gasteiger partial charge in [0.15, 0.2) is 11.5 Å². The Bertz CT molecular complexity index is 1010. The topological polar surface area (TPSA) is 30.5 Å². The Morgan fingerprint density at radius 3 is 2.26 bits per heavy atom. The quantitative estimate of drug-likeness (QED) is 0.313. The normalized spacial score (nSPS) is 10.9. The number of nitrogens with one attached hydrogen (secondary N) is 1. The van der Waals surface area contributed by atoms with E-state index in [2.05, 4.69) is 5.32 Å². The van der Waals surface area contributed by atoms with E-state index in [1.165, 1.54) is 12.1 Å². The van der Waals surface area contributed by atoms with Crippen LogP contribution in [0.15, 0.2) is 54.6 Å². The number of rotatable bonds is 10. The standard InChI is InChI=1S/C24H23Cl3FNO2/c1-2-30-23-11-18(14-29-10-9-16-3-7-20(28)8-4-16)22(27)13-24(23)31-15-17-5-6-19(25)12-21(17)26/h3-8,11-13,29H,2,9-10,14-15H2,1H3. The number of benzene rings is 3. The number of hydrogen-bond acceptors (Lipinski definition) is 3. The van der Waals surface area contributed by atoms with Gasteiger partial charge in [-0.1, -0.05) is 53.0 Å². The maximum atomic E-state index is 13.0. The second kappa shape index (κ2) is 11.6. The molecule has 1 N–H and O–H groups in total. The van der Waals surface area contributed by atoms with Crippen molar-refractivity contribution in [3.63, 3.8) is 0 Å². The zero-order valence-corrected chi connectivity index (χ0v) is 19.3. The van der Waals surface area contributed by atoms with Crippen LogP contribution in [0.1, 0.15) is 23.6 Å². The summed E-state index contributed by atoms with van der Waals surface area (Å²) < 4.78 is 24.7. The molecule has 164 valence electrons. The average molecular weight is 483 g/mol. The maximum absolute atomic E-state index is 13.0. The maximum Gasteiger partial charge on any atom is 0.163 e. The van der Waals surface area contributed by atoms with E-state index in [0.29, 0.717) is 39.7 Å². The smallest absolute Gasteiger partial charge is 0.163 e. The van der Waals surface area contributed by atoms with Crippen LogP contribution in [-0.4, -0.2) is 13.2 Å². The summed E-state index contributed by atoms with van der Waals surface area (Å²) in [5.74, 6) is 0.938. The molecule has 0 saturated carbocycles. The highest BCUT2D eigenvalue weighted by molar-refractivity contribution is 6.35. The van der Waals surface area contributed by atoms with Gasteiger partial charge in [-0.3, -0.25) is 0 Å². The molecule has 0 aliphatic carbocycles. The van der Waals surface area contributed by atoms with Gasteiger partial charge >= 0.3 is 0 Å². The van der Waals surface area contributed by atoms with E-state index in [-0.39, 0.29) is 12.4 Å². The first kappa shape index (κ1) is 23.7. The minimum atomic E-state index is -0.229. The molecular weight excluding hydrogens is 460 g/mol. The molecule has 31 heavy (non-hydrogen) atoms. The Kier molecular flexibility index (Phi) is 8.85. The first-order valence-corrected chi connectivity index (χ1v) is 11.1. The monoisotopic (exact) mass is 481 g/mol. The lowest BCUT2D eigenvalue weighted by molar-refractivity contribution is 0.269. The molecular formula is C24H23Cl3FNO2. The SMILES string of the molecule is CCOc1cc(CNCCc2ccc(F)cc2)c(Cl)cc1OCc1ccc(Cl)cc1Cl. The predicted molar refractivity (Wildman–Crippen MR) is 125 cm³/mol. The lowest BCUT2D eigenvalue weighted by Gasteiger charge is -2.16. The molecule has 0 amide bonds.